The van der Waals surface area contributed by atoms with Gasteiger partial charge in [0, 0.05) is 25.9 Å². The number of amides is 1. The molecule has 0 aliphatic carbocycles. The number of halogens is 1. The third-order valence-electron chi connectivity index (χ3n) is 2.38. The van der Waals surface area contributed by atoms with Gasteiger partial charge in [0.2, 0.25) is 0 Å². The standard InChI is InChI=1S/C13H20ClN3O2/c1-3-5-15-12-11(14)8-10(9-17-12)13(18)16-6-7-19-4-2/h8-9H,3-7H2,1-2H3,(H,15,17)(H,16,18). The highest BCUT2D eigenvalue weighted by atomic mass is 35.5. The number of carbonyl (C=O) groups is 1. The lowest BCUT2D eigenvalue weighted by Gasteiger charge is -2.08. The van der Waals surface area contributed by atoms with E-state index in [1.807, 2.05) is 6.92 Å². The fourth-order valence-corrected chi connectivity index (χ4v) is 1.65. The van der Waals surface area contributed by atoms with E-state index in [1.165, 1.54) is 6.20 Å². The average Bonchev–Trinajstić information content (AvgIpc) is 2.42. The van der Waals surface area contributed by atoms with Crippen LogP contribution in [0.25, 0.3) is 0 Å². The highest BCUT2D eigenvalue weighted by molar-refractivity contribution is 6.33. The maximum Gasteiger partial charge on any atom is 0.252 e. The first kappa shape index (κ1) is 15.7. The Hall–Kier alpha value is -1.33. The van der Waals surface area contributed by atoms with Crippen LogP contribution in [0, 0.1) is 0 Å². The molecule has 0 saturated carbocycles. The number of carbonyl (C=O) groups excluding carboxylic acids is 1. The molecule has 0 aliphatic heterocycles. The Bertz CT molecular complexity index is 413. The van der Waals surface area contributed by atoms with Crippen LogP contribution in [0.15, 0.2) is 12.3 Å². The molecular formula is C13H20ClN3O2. The fourth-order valence-electron chi connectivity index (χ4n) is 1.42. The first-order valence-electron chi connectivity index (χ1n) is 6.44. The molecule has 1 heterocycles. The summed E-state index contributed by atoms with van der Waals surface area (Å²) in [5.41, 5.74) is 0.448. The normalized spacial score (nSPS) is 10.3. The molecule has 0 radical (unpaired) electrons. The fraction of sp³-hybridized carbons (Fsp3) is 0.538. The van der Waals surface area contributed by atoms with Gasteiger partial charge in [-0.1, -0.05) is 18.5 Å². The Morgan fingerprint density at radius 3 is 2.84 bits per heavy atom. The lowest BCUT2D eigenvalue weighted by molar-refractivity contribution is 0.0922. The van der Waals surface area contributed by atoms with Crippen LogP contribution >= 0.6 is 11.6 Å². The van der Waals surface area contributed by atoms with Gasteiger partial charge in [-0.3, -0.25) is 4.79 Å². The second kappa shape index (κ2) is 8.72. The van der Waals surface area contributed by atoms with Crippen LogP contribution in [0.4, 0.5) is 5.82 Å². The summed E-state index contributed by atoms with van der Waals surface area (Å²) in [6.07, 6.45) is 2.50. The molecule has 1 aromatic rings. The van der Waals surface area contributed by atoms with Gasteiger partial charge in [0.15, 0.2) is 0 Å². The van der Waals surface area contributed by atoms with Crippen molar-refractivity contribution in [2.45, 2.75) is 20.3 Å². The van der Waals surface area contributed by atoms with E-state index >= 15 is 0 Å². The maximum atomic E-state index is 11.8. The van der Waals surface area contributed by atoms with Crippen molar-refractivity contribution in [1.29, 1.82) is 0 Å². The van der Waals surface area contributed by atoms with Crippen molar-refractivity contribution in [3.8, 4) is 0 Å². The smallest absolute Gasteiger partial charge is 0.252 e. The van der Waals surface area contributed by atoms with Crippen LogP contribution in [0.1, 0.15) is 30.6 Å². The monoisotopic (exact) mass is 285 g/mol. The summed E-state index contributed by atoms with van der Waals surface area (Å²) >= 11 is 6.06. The van der Waals surface area contributed by atoms with Gasteiger partial charge in [-0.05, 0) is 19.4 Å². The van der Waals surface area contributed by atoms with Gasteiger partial charge in [-0.2, -0.15) is 0 Å². The van der Waals surface area contributed by atoms with E-state index in [0.717, 1.165) is 13.0 Å². The average molecular weight is 286 g/mol. The number of rotatable bonds is 8. The zero-order chi connectivity index (χ0) is 14.1. The number of hydrogen-bond donors (Lipinski definition) is 2. The number of nitrogens with one attached hydrogen (secondary N) is 2. The number of ether oxygens (including phenoxy) is 1. The van der Waals surface area contributed by atoms with E-state index in [4.69, 9.17) is 16.3 Å². The maximum absolute atomic E-state index is 11.8. The summed E-state index contributed by atoms with van der Waals surface area (Å²) in [5.74, 6) is 0.408. The Morgan fingerprint density at radius 2 is 2.21 bits per heavy atom. The number of nitrogens with zero attached hydrogens (tertiary/aromatic N) is 1. The molecule has 6 heteroatoms. The molecule has 0 aliphatic rings. The van der Waals surface area contributed by atoms with E-state index in [1.54, 1.807) is 6.07 Å². The molecule has 19 heavy (non-hydrogen) atoms. The zero-order valence-corrected chi connectivity index (χ0v) is 12.1. The minimum atomic E-state index is -0.198. The van der Waals surface area contributed by atoms with E-state index in [2.05, 4.69) is 22.5 Å². The Kier molecular flexibility index (Phi) is 7.22. The van der Waals surface area contributed by atoms with Crippen molar-refractivity contribution in [1.82, 2.24) is 10.3 Å². The predicted octanol–water partition coefficient (Wildman–Crippen LogP) is 2.32. The second-order valence-corrected chi connectivity index (χ2v) is 4.34. The Labute approximate surface area is 118 Å². The van der Waals surface area contributed by atoms with Crippen LogP contribution in [-0.2, 0) is 4.74 Å². The van der Waals surface area contributed by atoms with Gasteiger partial charge in [-0.25, -0.2) is 4.98 Å². The molecule has 0 unspecified atom stereocenters. The van der Waals surface area contributed by atoms with Crippen molar-refractivity contribution in [2.75, 3.05) is 31.6 Å². The molecular weight excluding hydrogens is 266 g/mol. The van der Waals surface area contributed by atoms with Gasteiger partial charge < -0.3 is 15.4 Å². The van der Waals surface area contributed by atoms with Crippen LogP contribution < -0.4 is 10.6 Å². The lowest BCUT2D eigenvalue weighted by atomic mass is 10.2. The highest BCUT2D eigenvalue weighted by Crippen LogP contribution is 2.19. The quantitative estimate of drug-likeness (QED) is 0.720. The molecule has 5 nitrogen and oxygen atoms in total. The number of anilines is 1. The summed E-state index contributed by atoms with van der Waals surface area (Å²) in [4.78, 5) is 15.9. The topological polar surface area (TPSA) is 63.2 Å². The van der Waals surface area contributed by atoms with Gasteiger partial charge >= 0.3 is 0 Å². The minimum Gasteiger partial charge on any atom is -0.380 e. The SMILES string of the molecule is CCCNc1ncc(C(=O)NCCOCC)cc1Cl. The Balaban J connectivity index is 2.54. The highest BCUT2D eigenvalue weighted by Gasteiger charge is 2.09. The first-order valence-corrected chi connectivity index (χ1v) is 6.82. The molecule has 106 valence electrons. The molecule has 1 amide bonds. The number of aromatic nitrogens is 1. The molecule has 1 rings (SSSR count). The van der Waals surface area contributed by atoms with Crippen LogP contribution in [0.3, 0.4) is 0 Å². The number of pyridine rings is 1. The van der Waals surface area contributed by atoms with Crippen molar-refractivity contribution in [2.24, 2.45) is 0 Å². The van der Waals surface area contributed by atoms with Gasteiger partial charge in [-0.15, -0.1) is 0 Å². The Morgan fingerprint density at radius 1 is 1.42 bits per heavy atom. The first-order chi connectivity index (χ1) is 9.19. The van der Waals surface area contributed by atoms with Crippen molar-refractivity contribution >= 4 is 23.3 Å². The predicted molar refractivity (Wildman–Crippen MR) is 76.9 cm³/mol. The second-order valence-electron chi connectivity index (χ2n) is 3.93. The largest absolute Gasteiger partial charge is 0.380 e. The van der Waals surface area contributed by atoms with E-state index < -0.39 is 0 Å². The summed E-state index contributed by atoms with van der Waals surface area (Å²) in [7, 11) is 0. The molecule has 0 bridgehead atoms. The molecule has 1 aromatic heterocycles. The summed E-state index contributed by atoms with van der Waals surface area (Å²) < 4.78 is 5.14. The van der Waals surface area contributed by atoms with Gasteiger partial charge in [0.1, 0.15) is 5.82 Å². The van der Waals surface area contributed by atoms with Gasteiger partial charge in [0.25, 0.3) is 5.91 Å². The minimum absolute atomic E-state index is 0.198. The van der Waals surface area contributed by atoms with Crippen molar-refractivity contribution in [3.63, 3.8) is 0 Å². The summed E-state index contributed by atoms with van der Waals surface area (Å²) in [5, 5.41) is 6.28. The third kappa shape index (κ3) is 5.44. The van der Waals surface area contributed by atoms with Crippen molar-refractivity contribution < 1.29 is 9.53 Å². The molecule has 0 atom stereocenters. The lowest BCUT2D eigenvalue weighted by Crippen LogP contribution is -2.27. The van der Waals surface area contributed by atoms with Crippen LogP contribution in [0.5, 0.6) is 0 Å². The van der Waals surface area contributed by atoms with E-state index in [9.17, 15) is 4.79 Å². The molecule has 0 saturated heterocycles. The molecule has 2 N–H and O–H groups in total. The summed E-state index contributed by atoms with van der Waals surface area (Å²) in [6, 6.07) is 1.61. The van der Waals surface area contributed by atoms with Gasteiger partial charge in [0.05, 0.1) is 17.2 Å². The molecule has 0 spiro atoms. The van der Waals surface area contributed by atoms with Crippen molar-refractivity contribution in [3.05, 3.63) is 22.8 Å². The van der Waals surface area contributed by atoms with E-state index in [0.29, 0.717) is 36.2 Å². The van der Waals surface area contributed by atoms with Crippen LogP contribution in [0.2, 0.25) is 5.02 Å². The third-order valence-corrected chi connectivity index (χ3v) is 2.67. The molecule has 0 fully saturated rings. The van der Waals surface area contributed by atoms with E-state index in [-0.39, 0.29) is 5.91 Å². The number of hydrogen-bond acceptors (Lipinski definition) is 4. The van der Waals surface area contributed by atoms with Crippen LogP contribution in [-0.4, -0.2) is 37.2 Å². The zero-order valence-electron chi connectivity index (χ0n) is 11.3. The summed E-state index contributed by atoms with van der Waals surface area (Å²) in [6.45, 7) is 6.38. The molecule has 0 aromatic carbocycles.